The highest BCUT2D eigenvalue weighted by Gasteiger charge is 2.22. The number of ether oxygens (including phenoxy) is 1. The van der Waals surface area contributed by atoms with Gasteiger partial charge in [0, 0.05) is 59.3 Å². The number of amides is 3. The van der Waals surface area contributed by atoms with Crippen molar-refractivity contribution in [2.75, 3.05) is 46.9 Å². The van der Waals surface area contributed by atoms with E-state index in [2.05, 4.69) is 6.92 Å². The van der Waals surface area contributed by atoms with Gasteiger partial charge in [0.25, 0.3) is 0 Å². The van der Waals surface area contributed by atoms with Crippen LogP contribution in [0.4, 0.5) is 4.79 Å². The SMILES string of the molecule is CCCCN(Cc1cccn1C)C(=O)CN(CCCOCC)C(=O)N(C)C. The van der Waals surface area contributed by atoms with Crippen molar-refractivity contribution in [1.29, 1.82) is 0 Å². The molecule has 1 heterocycles. The van der Waals surface area contributed by atoms with Gasteiger partial charge in [-0.25, -0.2) is 4.79 Å². The standard InChI is InChI=1S/C20H36N4O3/c1-6-8-13-23(16-18-11-9-12-22(18)5)19(25)17-24(20(26)21(3)4)14-10-15-27-7-2/h9,11-12H,6-8,10,13-17H2,1-5H3. The summed E-state index contributed by atoms with van der Waals surface area (Å²) in [6, 6.07) is 3.86. The number of carbonyl (C=O) groups is 2. The molecular weight excluding hydrogens is 344 g/mol. The van der Waals surface area contributed by atoms with Crippen molar-refractivity contribution in [3.63, 3.8) is 0 Å². The van der Waals surface area contributed by atoms with E-state index in [1.807, 2.05) is 41.8 Å². The molecule has 7 nitrogen and oxygen atoms in total. The van der Waals surface area contributed by atoms with E-state index in [0.29, 0.717) is 39.3 Å². The molecule has 1 aromatic heterocycles. The molecule has 154 valence electrons. The predicted molar refractivity (Wildman–Crippen MR) is 108 cm³/mol. The highest BCUT2D eigenvalue weighted by Crippen LogP contribution is 2.09. The van der Waals surface area contributed by atoms with Gasteiger partial charge in [-0.2, -0.15) is 0 Å². The minimum atomic E-state index is -0.144. The molecule has 3 amide bonds. The van der Waals surface area contributed by atoms with Gasteiger partial charge in [-0.05, 0) is 31.9 Å². The Kier molecular flexibility index (Phi) is 10.6. The number of aromatic nitrogens is 1. The summed E-state index contributed by atoms with van der Waals surface area (Å²) in [5, 5.41) is 0. The van der Waals surface area contributed by atoms with Gasteiger partial charge in [0.2, 0.25) is 5.91 Å². The van der Waals surface area contributed by atoms with E-state index in [-0.39, 0.29) is 18.5 Å². The summed E-state index contributed by atoms with van der Waals surface area (Å²) in [5.74, 6) is -0.0174. The molecule has 0 aromatic carbocycles. The van der Waals surface area contributed by atoms with E-state index in [4.69, 9.17) is 4.74 Å². The number of rotatable bonds is 12. The average molecular weight is 381 g/mol. The van der Waals surface area contributed by atoms with Crippen LogP contribution in [0, 0.1) is 0 Å². The first-order valence-corrected chi connectivity index (χ1v) is 9.82. The summed E-state index contributed by atoms with van der Waals surface area (Å²) in [7, 11) is 5.40. The van der Waals surface area contributed by atoms with E-state index in [0.717, 1.165) is 18.5 Å². The van der Waals surface area contributed by atoms with Gasteiger partial charge in [0.05, 0.1) is 6.54 Å². The molecule has 1 rings (SSSR count). The first kappa shape index (κ1) is 23.0. The van der Waals surface area contributed by atoms with Crippen LogP contribution in [0.2, 0.25) is 0 Å². The number of aryl methyl sites for hydroxylation is 1. The average Bonchev–Trinajstić information content (AvgIpc) is 3.04. The van der Waals surface area contributed by atoms with Crippen LogP contribution in [-0.4, -0.2) is 78.1 Å². The van der Waals surface area contributed by atoms with Gasteiger partial charge >= 0.3 is 6.03 Å². The predicted octanol–water partition coefficient (Wildman–Crippen LogP) is 2.56. The zero-order valence-electron chi connectivity index (χ0n) is 17.6. The molecule has 0 aliphatic heterocycles. The molecular formula is C20H36N4O3. The van der Waals surface area contributed by atoms with Gasteiger partial charge < -0.3 is 24.0 Å². The van der Waals surface area contributed by atoms with E-state index >= 15 is 0 Å². The molecule has 0 saturated heterocycles. The fourth-order valence-corrected chi connectivity index (χ4v) is 2.79. The van der Waals surface area contributed by atoms with Gasteiger partial charge in [-0.15, -0.1) is 0 Å². The molecule has 0 atom stereocenters. The topological polar surface area (TPSA) is 58.0 Å². The Bertz CT molecular complexity index is 571. The maximum atomic E-state index is 13.0. The second kappa shape index (κ2) is 12.4. The van der Waals surface area contributed by atoms with Crippen LogP contribution >= 0.6 is 0 Å². The van der Waals surface area contributed by atoms with Gasteiger partial charge in [-0.3, -0.25) is 4.79 Å². The smallest absolute Gasteiger partial charge is 0.319 e. The van der Waals surface area contributed by atoms with Crippen LogP contribution in [0.1, 0.15) is 38.8 Å². The van der Waals surface area contributed by atoms with Crippen molar-refractivity contribution >= 4 is 11.9 Å². The van der Waals surface area contributed by atoms with Gasteiger partial charge in [0.15, 0.2) is 0 Å². The van der Waals surface area contributed by atoms with Crippen LogP contribution in [-0.2, 0) is 23.1 Å². The molecule has 0 aliphatic carbocycles. The lowest BCUT2D eigenvalue weighted by Gasteiger charge is -2.29. The van der Waals surface area contributed by atoms with Gasteiger partial charge in [-0.1, -0.05) is 13.3 Å². The molecule has 0 radical (unpaired) electrons. The van der Waals surface area contributed by atoms with Crippen LogP contribution in [0.15, 0.2) is 18.3 Å². The van der Waals surface area contributed by atoms with Crippen molar-refractivity contribution in [3.8, 4) is 0 Å². The highest BCUT2D eigenvalue weighted by atomic mass is 16.5. The summed E-state index contributed by atoms with van der Waals surface area (Å²) in [4.78, 5) is 30.5. The number of urea groups is 1. The third-order valence-electron chi connectivity index (χ3n) is 4.44. The Labute approximate surface area is 163 Å². The minimum Gasteiger partial charge on any atom is -0.382 e. The molecule has 27 heavy (non-hydrogen) atoms. The quantitative estimate of drug-likeness (QED) is 0.524. The fraction of sp³-hybridized carbons (Fsp3) is 0.700. The molecule has 0 N–H and O–H groups in total. The van der Waals surface area contributed by atoms with Crippen LogP contribution < -0.4 is 0 Å². The minimum absolute atomic E-state index is 0.0174. The third-order valence-corrected chi connectivity index (χ3v) is 4.44. The van der Waals surface area contributed by atoms with Crippen molar-refractivity contribution in [1.82, 2.24) is 19.3 Å². The zero-order valence-corrected chi connectivity index (χ0v) is 17.6. The van der Waals surface area contributed by atoms with E-state index in [9.17, 15) is 9.59 Å². The Morgan fingerprint density at radius 3 is 2.37 bits per heavy atom. The molecule has 7 heteroatoms. The summed E-state index contributed by atoms with van der Waals surface area (Å²) in [6.07, 6.45) is 4.66. The molecule has 0 unspecified atom stereocenters. The van der Waals surface area contributed by atoms with E-state index in [1.165, 1.54) is 4.90 Å². The first-order chi connectivity index (χ1) is 12.9. The number of hydrogen-bond acceptors (Lipinski definition) is 3. The molecule has 0 spiro atoms. The maximum Gasteiger partial charge on any atom is 0.319 e. The van der Waals surface area contributed by atoms with Crippen LogP contribution in [0.5, 0.6) is 0 Å². The van der Waals surface area contributed by atoms with Crippen molar-refractivity contribution in [2.45, 2.75) is 39.7 Å². The monoisotopic (exact) mass is 380 g/mol. The molecule has 0 saturated carbocycles. The van der Waals surface area contributed by atoms with Gasteiger partial charge in [0.1, 0.15) is 6.54 Å². The fourth-order valence-electron chi connectivity index (χ4n) is 2.79. The van der Waals surface area contributed by atoms with E-state index in [1.54, 1.807) is 19.0 Å². The maximum absolute atomic E-state index is 13.0. The highest BCUT2D eigenvalue weighted by molar-refractivity contribution is 5.84. The van der Waals surface area contributed by atoms with Crippen LogP contribution in [0.25, 0.3) is 0 Å². The van der Waals surface area contributed by atoms with E-state index < -0.39 is 0 Å². The summed E-state index contributed by atoms with van der Waals surface area (Å²) in [6.45, 7) is 7.16. The summed E-state index contributed by atoms with van der Waals surface area (Å²) >= 11 is 0. The van der Waals surface area contributed by atoms with Crippen LogP contribution in [0.3, 0.4) is 0 Å². The molecule has 0 aliphatic rings. The normalized spacial score (nSPS) is 10.7. The molecule has 1 aromatic rings. The number of nitrogens with zero attached hydrogens (tertiary/aromatic N) is 4. The second-order valence-corrected chi connectivity index (χ2v) is 6.93. The van der Waals surface area contributed by atoms with Crippen molar-refractivity contribution < 1.29 is 14.3 Å². The summed E-state index contributed by atoms with van der Waals surface area (Å²) in [5.41, 5.74) is 1.08. The van der Waals surface area contributed by atoms with Crippen molar-refractivity contribution in [2.24, 2.45) is 7.05 Å². The van der Waals surface area contributed by atoms with Crippen molar-refractivity contribution in [3.05, 3.63) is 24.0 Å². The lowest BCUT2D eigenvalue weighted by atomic mass is 10.2. The number of hydrogen-bond donors (Lipinski definition) is 0. The largest absolute Gasteiger partial charge is 0.382 e. The number of carbonyl (C=O) groups excluding carboxylic acids is 2. The molecule has 0 bridgehead atoms. The number of unbranched alkanes of at least 4 members (excludes halogenated alkanes) is 1. The zero-order chi connectivity index (χ0) is 20.2. The Morgan fingerprint density at radius 1 is 1.11 bits per heavy atom. The summed E-state index contributed by atoms with van der Waals surface area (Å²) < 4.78 is 7.39. The third kappa shape index (κ3) is 8.03. The lowest BCUT2D eigenvalue weighted by molar-refractivity contribution is -0.132. The Balaban J connectivity index is 2.78. The second-order valence-electron chi connectivity index (χ2n) is 6.93. The first-order valence-electron chi connectivity index (χ1n) is 9.82. The lowest BCUT2D eigenvalue weighted by Crippen LogP contribution is -2.47. The molecule has 0 fully saturated rings. The Morgan fingerprint density at radius 2 is 1.81 bits per heavy atom. The Hall–Kier alpha value is -2.02.